The minimum atomic E-state index is 0. The Hall–Kier alpha value is -1.09. The quantitative estimate of drug-likeness (QED) is 0.467. The number of hydrogen-bond acceptors (Lipinski definition) is 3. The molecule has 2 aliphatic carbocycles. The molecule has 0 unspecified atom stereocenters. The van der Waals surface area contributed by atoms with Crippen LogP contribution in [0.1, 0.15) is 32.6 Å². The van der Waals surface area contributed by atoms with Crippen molar-refractivity contribution in [2.24, 2.45) is 0 Å². The third kappa shape index (κ3) is 7.79. The Morgan fingerprint density at radius 2 is 1.27 bits per heavy atom. The summed E-state index contributed by atoms with van der Waals surface area (Å²) in [5, 5.41) is 22.3. The third-order valence-corrected chi connectivity index (χ3v) is 3.32. The van der Waals surface area contributed by atoms with Gasteiger partial charge in [-0.1, -0.05) is 62.0 Å². The van der Waals surface area contributed by atoms with E-state index in [9.17, 15) is 10.2 Å². The van der Waals surface area contributed by atoms with Gasteiger partial charge in [-0.3, -0.25) is 0 Å². The van der Waals surface area contributed by atoms with Gasteiger partial charge in [0.05, 0.1) is 0 Å². The Morgan fingerprint density at radius 1 is 0.864 bits per heavy atom. The Bertz CT molecular complexity index is 483. The van der Waals surface area contributed by atoms with Crippen LogP contribution in [0.3, 0.4) is 0 Å². The van der Waals surface area contributed by atoms with Crippen LogP contribution in [0.25, 0.3) is 0 Å². The molecule has 0 amide bonds. The summed E-state index contributed by atoms with van der Waals surface area (Å²) in [4.78, 5) is 0. The second kappa shape index (κ2) is 12.5. The van der Waals surface area contributed by atoms with Crippen molar-refractivity contribution in [3.8, 4) is 0 Å². The van der Waals surface area contributed by atoms with Crippen molar-refractivity contribution >= 4 is 12.6 Å². The fourth-order valence-electron chi connectivity index (χ4n) is 1.88. The van der Waals surface area contributed by atoms with Crippen molar-refractivity contribution in [2.45, 2.75) is 32.6 Å². The Morgan fingerprint density at radius 3 is 1.64 bits per heavy atom. The molecule has 0 saturated heterocycles. The van der Waals surface area contributed by atoms with E-state index in [0.717, 1.165) is 29.7 Å². The first-order valence-corrected chi connectivity index (χ1v) is 7.93. The van der Waals surface area contributed by atoms with E-state index in [2.05, 4.69) is 12.6 Å². The predicted molar refractivity (Wildman–Crippen MR) is 88.6 cm³/mol. The zero-order valence-electron chi connectivity index (χ0n) is 12.8. The van der Waals surface area contributed by atoms with E-state index >= 15 is 0 Å². The fourth-order valence-corrected chi connectivity index (χ4v) is 2.03. The summed E-state index contributed by atoms with van der Waals surface area (Å²) in [6.45, 7) is 2.01. The molecule has 2 rings (SSSR count). The van der Waals surface area contributed by atoms with Gasteiger partial charge in [0.15, 0.2) is 0 Å². The molecule has 0 fully saturated rings. The van der Waals surface area contributed by atoms with Crippen LogP contribution in [-0.2, 0) is 17.1 Å². The van der Waals surface area contributed by atoms with Crippen LogP contribution >= 0.6 is 12.6 Å². The normalized spacial score (nSPS) is 13.9. The molecule has 0 aromatic rings. The van der Waals surface area contributed by atoms with Crippen molar-refractivity contribution in [1.29, 1.82) is 0 Å². The predicted octanol–water partition coefficient (Wildman–Crippen LogP) is 2.96. The molecule has 0 bridgehead atoms. The summed E-state index contributed by atoms with van der Waals surface area (Å²) in [7, 11) is 0. The van der Waals surface area contributed by atoms with Gasteiger partial charge < -0.3 is 10.2 Å². The third-order valence-electron chi connectivity index (χ3n) is 3.01. The van der Waals surface area contributed by atoms with Crippen LogP contribution in [0.15, 0.2) is 71.3 Å². The standard InChI is InChI=1S/C9H12OS.C9H12O.Fe/c10-9(6-3-7-11)8-4-1-2-5-8;1-2-5-9(10)8-6-3-4-7-8;/h1-2,4-5,10-11H,3,6-7H2;3-4,6-7,10H,2,5H2,1H3;/q;;+2/p-2. The maximum atomic E-state index is 11.2. The van der Waals surface area contributed by atoms with E-state index in [1.54, 1.807) is 0 Å². The van der Waals surface area contributed by atoms with Gasteiger partial charge in [-0.15, -0.1) is 11.5 Å². The zero-order chi connectivity index (χ0) is 15.5. The smallest absolute Gasteiger partial charge is 0.875 e. The van der Waals surface area contributed by atoms with E-state index in [1.807, 2.05) is 55.5 Å². The van der Waals surface area contributed by atoms with Crippen molar-refractivity contribution in [3.63, 3.8) is 0 Å². The molecule has 0 N–H and O–H groups in total. The van der Waals surface area contributed by atoms with Gasteiger partial charge >= 0.3 is 17.1 Å². The Balaban J connectivity index is 0.000000385. The molecule has 0 aromatic carbocycles. The van der Waals surface area contributed by atoms with E-state index < -0.39 is 0 Å². The van der Waals surface area contributed by atoms with Gasteiger partial charge in [-0.05, 0) is 36.2 Å². The summed E-state index contributed by atoms with van der Waals surface area (Å²) in [5.41, 5.74) is 1.67. The van der Waals surface area contributed by atoms with Crippen LogP contribution in [-0.4, -0.2) is 5.75 Å². The van der Waals surface area contributed by atoms with Crippen LogP contribution in [0.5, 0.6) is 0 Å². The van der Waals surface area contributed by atoms with E-state index in [0.29, 0.717) is 12.8 Å². The Labute approximate surface area is 149 Å². The maximum Gasteiger partial charge on any atom is 2.00 e. The molecule has 2 nitrogen and oxygen atoms in total. The van der Waals surface area contributed by atoms with Crippen molar-refractivity contribution < 1.29 is 27.3 Å². The summed E-state index contributed by atoms with van der Waals surface area (Å²) >= 11 is 4.04. The largest absolute Gasteiger partial charge is 2.00 e. The van der Waals surface area contributed by atoms with Gasteiger partial charge in [0.1, 0.15) is 0 Å². The van der Waals surface area contributed by atoms with Gasteiger partial charge in [0.2, 0.25) is 0 Å². The van der Waals surface area contributed by atoms with Crippen LogP contribution in [0.4, 0.5) is 0 Å². The molecule has 0 saturated carbocycles. The molecule has 0 aliphatic heterocycles. The molecule has 120 valence electrons. The summed E-state index contributed by atoms with van der Waals surface area (Å²) in [6, 6.07) is 0. The van der Waals surface area contributed by atoms with Gasteiger partial charge in [0.25, 0.3) is 0 Å². The fraction of sp³-hybridized carbons (Fsp3) is 0.333. The van der Waals surface area contributed by atoms with E-state index in [1.165, 1.54) is 0 Å². The van der Waals surface area contributed by atoms with Crippen LogP contribution in [0, 0.1) is 0 Å². The number of thiol groups is 1. The van der Waals surface area contributed by atoms with Crippen LogP contribution in [0.2, 0.25) is 0 Å². The molecule has 0 aromatic heterocycles. The number of rotatable bonds is 5. The minimum Gasteiger partial charge on any atom is -0.875 e. The first-order valence-electron chi connectivity index (χ1n) is 7.29. The molecule has 0 heterocycles. The molecule has 22 heavy (non-hydrogen) atoms. The van der Waals surface area contributed by atoms with Crippen molar-refractivity contribution in [2.75, 3.05) is 5.75 Å². The first kappa shape index (κ1) is 20.9. The molecule has 0 spiro atoms. The average molecular weight is 358 g/mol. The maximum absolute atomic E-state index is 11.2. The first-order chi connectivity index (χ1) is 10.2. The molecular formula is C18H22FeO2S. The van der Waals surface area contributed by atoms with Crippen molar-refractivity contribution in [3.05, 3.63) is 71.3 Å². The minimum absolute atomic E-state index is 0. The number of allylic oxidation sites excluding steroid dienone is 12. The topological polar surface area (TPSA) is 46.1 Å². The van der Waals surface area contributed by atoms with Gasteiger partial charge in [-0.2, -0.15) is 12.6 Å². The Kier molecular flexibility index (Phi) is 11.8. The SMILES string of the molecule is CCCC([O-])=C1C=CC=C1.[Fe+2].[O-]C(CCCS)=C1C=CC=C1. The molecular weight excluding hydrogens is 336 g/mol. The molecule has 2 aliphatic rings. The average Bonchev–Trinajstić information content (AvgIpc) is 3.17. The summed E-state index contributed by atoms with van der Waals surface area (Å²) in [5.74, 6) is 1.27. The van der Waals surface area contributed by atoms with Gasteiger partial charge in [0, 0.05) is 0 Å². The monoisotopic (exact) mass is 358 g/mol. The van der Waals surface area contributed by atoms with E-state index in [4.69, 9.17) is 0 Å². The summed E-state index contributed by atoms with van der Waals surface area (Å²) in [6.07, 6.45) is 18.1. The second-order valence-corrected chi connectivity index (χ2v) is 5.22. The summed E-state index contributed by atoms with van der Waals surface area (Å²) < 4.78 is 0. The van der Waals surface area contributed by atoms with Gasteiger partial charge in [-0.25, -0.2) is 0 Å². The van der Waals surface area contributed by atoms with Crippen molar-refractivity contribution in [1.82, 2.24) is 0 Å². The van der Waals surface area contributed by atoms with Crippen LogP contribution < -0.4 is 10.2 Å². The van der Waals surface area contributed by atoms with E-state index in [-0.39, 0.29) is 28.6 Å². The zero-order valence-corrected chi connectivity index (χ0v) is 14.8. The molecule has 0 radical (unpaired) electrons. The second-order valence-electron chi connectivity index (χ2n) is 4.77. The molecule has 4 heteroatoms. The molecule has 0 atom stereocenters. The number of hydrogen-bond donors (Lipinski definition) is 1.